The highest BCUT2D eigenvalue weighted by molar-refractivity contribution is 7.11. The SMILES string of the molecule is CNCc1sc(CCC(C)C)nc1C(C)C. The van der Waals surface area contributed by atoms with Gasteiger partial charge in [-0.3, -0.25) is 0 Å². The molecule has 1 rings (SSSR count). The summed E-state index contributed by atoms with van der Waals surface area (Å²) in [6.07, 6.45) is 2.37. The Morgan fingerprint density at radius 1 is 1.25 bits per heavy atom. The summed E-state index contributed by atoms with van der Waals surface area (Å²) in [4.78, 5) is 6.19. The van der Waals surface area contributed by atoms with Crippen LogP contribution in [0.15, 0.2) is 0 Å². The minimum Gasteiger partial charge on any atom is -0.315 e. The van der Waals surface area contributed by atoms with Crippen LogP contribution in [-0.2, 0) is 13.0 Å². The van der Waals surface area contributed by atoms with Gasteiger partial charge in [0.15, 0.2) is 0 Å². The van der Waals surface area contributed by atoms with Gasteiger partial charge >= 0.3 is 0 Å². The van der Waals surface area contributed by atoms with E-state index >= 15 is 0 Å². The summed E-state index contributed by atoms with van der Waals surface area (Å²) in [6.45, 7) is 9.94. The Hall–Kier alpha value is -0.410. The first kappa shape index (κ1) is 13.7. The van der Waals surface area contributed by atoms with E-state index in [1.165, 1.54) is 22.0 Å². The van der Waals surface area contributed by atoms with E-state index in [9.17, 15) is 0 Å². The fourth-order valence-electron chi connectivity index (χ4n) is 1.67. The molecule has 0 fully saturated rings. The molecule has 0 aliphatic heterocycles. The molecule has 0 radical (unpaired) electrons. The number of aryl methyl sites for hydroxylation is 1. The second-order valence-electron chi connectivity index (χ2n) is 5.03. The fraction of sp³-hybridized carbons (Fsp3) is 0.769. The van der Waals surface area contributed by atoms with Crippen LogP contribution in [0.3, 0.4) is 0 Å². The van der Waals surface area contributed by atoms with Crippen LogP contribution in [0.4, 0.5) is 0 Å². The second kappa shape index (κ2) is 6.36. The van der Waals surface area contributed by atoms with Gasteiger partial charge in [0, 0.05) is 11.4 Å². The van der Waals surface area contributed by atoms with E-state index in [2.05, 4.69) is 33.0 Å². The van der Waals surface area contributed by atoms with Crippen molar-refractivity contribution in [1.82, 2.24) is 10.3 Å². The zero-order valence-electron chi connectivity index (χ0n) is 11.1. The summed E-state index contributed by atoms with van der Waals surface area (Å²) in [6, 6.07) is 0. The van der Waals surface area contributed by atoms with Crippen molar-refractivity contribution >= 4 is 11.3 Å². The molecule has 0 aromatic carbocycles. The van der Waals surface area contributed by atoms with Crippen molar-refractivity contribution in [3.63, 3.8) is 0 Å². The molecule has 1 heterocycles. The Morgan fingerprint density at radius 2 is 1.94 bits per heavy atom. The molecule has 0 unspecified atom stereocenters. The van der Waals surface area contributed by atoms with Crippen molar-refractivity contribution in [2.24, 2.45) is 5.92 Å². The third kappa shape index (κ3) is 3.87. The predicted octanol–water partition coefficient (Wildman–Crippen LogP) is 3.57. The van der Waals surface area contributed by atoms with Gasteiger partial charge < -0.3 is 5.32 Å². The number of nitrogens with zero attached hydrogens (tertiary/aromatic N) is 1. The van der Waals surface area contributed by atoms with Crippen LogP contribution >= 0.6 is 11.3 Å². The Kier molecular flexibility index (Phi) is 5.42. The smallest absolute Gasteiger partial charge is 0.0931 e. The highest BCUT2D eigenvalue weighted by Gasteiger charge is 2.13. The van der Waals surface area contributed by atoms with Crippen LogP contribution in [0.1, 0.15) is 55.6 Å². The summed E-state index contributed by atoms with van der Waals surface area (Å²) in [5, 5.41) is 4.54. The average molecular weight is 240 g/mol. The molecule has 0 saturated heterocycles. The first-order valence-corrected chi connectivity index (χ1v) is 6.99. The lowest BCUT2D eigenvalue weighted by atomic mass is 10.1. The van der Waals surface area contributed by atoms with Crippen LogP contribution in [-0.4, -0.2) is 12.0 Å². The molecule has 2 nitrogen and oxygen atoms in total. The Labute approximate surface area is 103 Å². The van der Waals surface area contributed by atoms with E-state index in [0.717, 1.165) is 18.9 Å². The summed E-state index contributed by atoms with van der Waals surface area (Å²) in [7, 11) is 2.00. The van der Waals surface area contributed by atoms with Gasteiger partial charge in [0.2, 0.25) is 0 Å². The molecular weight excluding hydrogens is 216 g/mol. The van der Waals surface area contributed by atoms with Crippen LogP contribution in [0.2, 0.25) is 0 Å². The van der Waals surface area contributed by atoms with Gasteiger partial charge in [-0.1, -0.05) is 27.7 Å². The molecule has 1 aromatic rings. The highest BCUT2D eigenvalue weighted by Crippen LogP contribution is 2.26. The average Bonchev–Trinajstić information content (AvgIpc) is 2.59. The summed E-state index contributed by atoms with van der Waals surface area (Å²) in [5.41, 5.74) is 1.29. The molecule has 0 atom stereocenters. The molecule has 16 heavy (non-hydrogen) atoms. The maximum Gasteiger partial charge on any atom is 0.0931 e. The molecule has 0 bridgehead atoms. The van der Waals surface area contributed by atoms with Crippen molar-refractivity contribution in [2.75, 3.05) is 7.05 Å². The Bertz CT molecular complexity index is 316. The maximum atomic E-state index is 4.78. The number of hydrogen-bond acceptors (Lipinski definition) is 3. The minimum absolute atomic E-state index is 0.535. The van der Waals surface area contributed by atoms with Crippen LogP contribution < -0.4 is 5.32 Å². The van der Waals surface area contributed by atoms with Crippen molar-refractivity contribution in [3.05, 3.63) is 15.6 Å². The first-order chi connectivity index (χ1) is 7.54. The van der Waals surface area contributed by atoms with Crippen LogP contribution in [0.5, 0.6) is 0 Å². The number of aromatic nitrogens is 1. The lowest BCUT2D eigenvalue weighted by Crippen LogP contribution is -2.06. The molecule has 0 saturated carbocycles. The third-order valence-corrected chi connectivity index (χ3v) is 3.72. The van der Waals surface area contributed by atoms with Gasteiger partial charge in [-0.2, -0.15) is 0 Å². The predicted molar refractivity (Wildman–Crippen MR) is 72.1 cm³/mol. The lowest BCUT2D eigenvalue weighted by molar-refractivity contribution is 0.584. The lowest BCUT2D eigenvalue weighted by Gasteiger charge is -2.03. The third-order valence-electron chi connectivity index (χ3n) is 2.59. The normalized spacial score (nSPS) is 11.7. The van der Waals surface area contributed by atoms with Crippen molar-refractivity contribution in [1.29, 1.82) is 0 Å². The van der Waals surface area contributed by atoms with E-state index in [1.807, 2.05) is 18.4 Å². The molecule has 3 heteroatoms. The molecule has 1 aromatic heterocycles. The molecule has 92 valence electrons. The molecule has 1 N–H and O–H groups in total. The van der Waals surface area contributed by atoms with E-state index in [4.69, 9.17) is 4.98 Å². The zero-order chi connectivity index (χ0) is 12.1. The van der Waals surface area contributed by atoms with E-state index < -0.39 is 0 Å². The van der Waals surface area contributed by atoms with Gasteiger partial charge in [-0.25, -0.2) is 4.98 Å². The second-order valence-corrected chi connectivity index (χ2v) is 6.20. The molecule has 0 spiro atoms. The molecule has 0 aliphatic carbocycles. The van der Waals surface area contributed by atoms with Crippen LogP contribution in [0.25, 0.3) is 0 Å². The van der Waals surface area contributed by atoms with Crippen molar-refractivity contribution in [3.8, 4) is 0 Å². The Morgan fingerprint density at radius 3 is 2.44 bits per heavy atom. The first-order valence-electron chi connectivity index (χ1n) is 6.17. The van der Waals surface area contributed by atoms with Gasteiger partial charge in [0.05, 0.1) is 10.7 Å². The molecule has 0 aliphatic rings. The summed E-state index contributed by atoms with van der Waals surface area (Å²) < 4.78 is 0. The minimum atomic E-state index is 0.535. The fourth-order valence-corrected chi connectivity index (χ4v) is 2.92. The monoisotopic (exact) mass is 240 g/mol. The Balaban J connectivity index is 2.75. The number of thiazole rings is 1. The van der Waals surface area contributed by atoms with Crippen molar-refractivity contribution < 1.29 is 0 Å². The molecular formula is C13H24N2S. The van der Waals surface area contributed by atoms with Crippen LogP contribution in [0, 0.1) is 5.92 Å². The topological polar surface area (TPSA) is 24.9 Å². The maximum absolute atomic E-state index is 4.78. The summed E-state index contributed by atoms with van der Waals surface area (Å²) in [5.74, 6) is 1.30. The van der Waals surface area contributed by atoms with Gasteiger partial charge in [0.25, 0.3) is 0 Å². The van der Waals surface area contributed by atoms with Gasteiger partial charge in [0.1, 0.15) is 0 Å². The quantitative estimate of drug-likeness (QED) is 0.822. The highest BCUT2D eigenvalue weighted by atomic mass is 32.1. The number of nitrogens with one attached hydrogen (secondary N) is 1. The summed E-state index contributed by atoms with van der Waals surface area (Å²) >= 11 is 1.88. The van der Waals surface area contributed by atoms with E-state index in [-0.39, 0.29) is 0 Å². The van der Waals surface area contributed by atoms with Gasteiger partial charge in [-0.15, -0.1) is 11.3 Å². The number of hydrogen-bond donors (Lipinski definition) is 1. The largest absolute Gasteiger partial charge is 0.315 e. The zero-order valence-corrected chi connectivity index (χ0v) is 11.9. The van der Waals surface area contributed by atoms with E-state index in [1.54, 1.807) is 0 Å². The van der Waals surface area contributed by atoms with Gasteiger partial charge in [-0.05, 0) is 31.7 Å². The molecule has 0 amide bonds. The number of rotatable bonds is 6. The van der Waals surface area contributed by atoms with E-state index in [0.29, 0.717) is 5.92 Å². The standard InChI is InChI=1S/C13H24N2S/c1-9(2)6-7-12-15-13(10(3)4)11(16-12)8-14-5/h9-10,14H,6-8H2,1-5H3. The van der Waals surface area contributed by atoms with Crippen molar-refractivity contribution in [2.45, 2.75) is 53.0 Å².